The van der Waals surface area contributed by atoms with Gasteiger partial charge < -0.3 is 15.0 Å². The molecule has 3 aromatic rings. The van der Waals surface area contributed by atoms with Crippen LogP contribution in [0.4, 0.5) is 5.82 Å². The van der Waals surface area contributed by atoms with Gasteiger partial charge in [-0.15, -0.1) is 0 Å². The van der Waals surface area contributed by atoms with Crippen molar-refractivity contribution in [3.8, 4) is 16.9 Å². The smallest absolute Gasteiger partial charge is 0.134 e. The van der Waals surface area contributed by atoms with E-state index >= 15 is 0 Å². The molecule has 1 aliphatic heterocycles. The van der Waals surface area contributed by atoms with Crippen molar-refractivity contribution in [1.29, 1.82) is 0 Å². The number of methoxy groups -OCH3 is 1. The molecule has 1 fully saturated rings. The number of aryl methyl sites for hydroxylation is 1. The Morgan fingerprint density at radius 1 is 1.00 bits per heavy atom. The van der Waals surface area contributed by atoms with Gasteiger partial charge in [0, 0.05) is 24.2 Å². The van der Waals surface area contributed by atoms with E-state index in [0.29, 0.717) is 0 Å². The zero-order valence-corrected chi connectivity index (χ0v) is 20.0. The maximum Gasteiger partial charge on any atom is 0.134 e. The van der Waals surface area contributed by atoms with Crippen molar-refractivity contribution in [2.75, 3.05) is 38.6 Å². The standard InChI is InChI=1S/C29H35N3O/c1-21-10-11-27-23(16-21)19-24-20-25(17-22-8-7-9-26(18-22)33-2)31-29(28(24)27)30-12-3-4-13-32-14-5-6-15-32/h7-11,16,18,20H,3-6,12-15,17,19H2,1-2H3,(H,30,31). The van der Waals surface area contributed by atoms with E-state index in [4.69, 9.17) is 9.72 Å². The largest absolute Gasteiger partial charge is 0.497 e. The number of hydrogen-bond donors (Lipinski definition) is 1. The van der Waals surface area contributed by atoms with Crippen molar-refractivity contribution < 1.29 is 4.74 Å². The Labute approximate surface area is 198 Å². The van der Waals surface area contributed by atoms with Gasteiger partial charge in [-0.25, -0.2) is 4.98 Å². The van der Waals surface area contributed by atoms with Crippen molar-refractivity contribution in [1.82, 2.24) is 9.88 Å². The topological polar surface area (TPSA) is 37.4 Å². The average Bonchev–Trinajstić information content (AvgIpc) is 3.46. The van der Waals surface area contributed by atoms with Crippen LogP contribution in [0.3, 0.4) is 0 Å². The summed E-state index contributed by atoms with van der Waals surface area (Å²) in [5.41, 5.74) is 9.12. The third-order valence-electron chi connectivity index (χ3n) is 6.98. The summed E-state index contributed by atoms with van der Waals surface area (Å²) in [4.78, 5) is 7.73. The van der Waals surface area contributed by atoms with E-state index in [1.807, 2.05) is 6.07 Å². The van der Waals surface area contributed by atoms with Gasteiger partial charge >= 0.3 is 0 Å². The lowest BCUT2D eigenvalue weighted by molar-refractivity contribution is 0.331. The van der Waals surface area contributed by atoms with E-state index in [1.165, 1.54) is 78.7 Å². The number of benzene rings is 2. The highest BCUT2D eigenvalue weighted by Gasteiger charge is 2.24. The monoisotopic (exact) mass is 441 g/mol. The van der Waals surface area contributed by atoms with Crippen molar-refractivity contribution in [3.63, 3.8) is 0 Å². The third kappa shape index (κ3) is 5.06. The molecule has 2 aromatic carbocycles. The summed E-state index contributed by atoms with van der Waals surface area (Å²) >= 11 is 0. The van der Waals surface area contributed by atoms with Gasteiger partial charge in [0.1, 0.15) is 11.6 Å². The fourth-order valence-corrected chi connectivity index (χ4v) is 5.30. The number of rotatable bonds is 9. The number of unbranched alkanes of at least 4 members (excludes halogenated alkanes) is 1. The third-order valence-corrected chi connectivity index (χ3v) is 6.98. The molecular weight excluding hydrogens is 406 g/mol. The second-order valence-corrected chi connectivity index (χ2v) is 9.54. The molecule has 0 bridgehead atoms. The van der Waals surface area contributed by atoms with Crippen molar-refractivity contribution in [2.45, 2.75) is 45.4 Å². The molecule has 0 atom stereocenters. The van der Waals surface area contributed by atoms with Crippen molar-refractivity contribution >= 4 is 5.82 Å². The Bertz CT molecular complexity index is 1120. The summed E-state index contributed by atoms with van der Waals surface area (Å²) in [5.74, 6) is 1.95. The highest BCUT2D eigenvalue weighted by atomic mass is 16.5. The number of aromatic nitrogens is 1. The van der Waals surface area contributed by atoms with Crippen LogP contribution >= 0.6 is 0 Å². The Hall–Kier alpha value is -2.85. The van der Waals surface area contributed by atoms with E-state index < -0.39 is 0 Å². The molecule has 4 heteroatoms. The number of fused-ring (bicyclic) bond motifs is 3. The van der Waals surface area contributed by atoms with Crippen LogP contribution in [0.15, 0.2) is 48.5 Å². The van der Waals surface area contributed by atoms with Crippen LogP contribution in [0, 0.1) is 6.92 Å². The first-order valence-corrected chi connectivity index (χ1v) is 12.4. The fourth-order valence-electron chi connectivity index (χ4n) is 5.30. The highest BCUT2D eigenvalue weighted by Crippen LogP contribution is 2.41. The average molecular weight is 442 g/mol. The first-order valence-electron chi connectivity index (χ1n) is 12.4. The Kier molecular flexibility index (Phi) is 6.63. The normalized spacial score (nSPS) is 14.8. The first-order chi connectivity index (χ1) is 16.2. The predicted molar refractivity (Wildman–Crippen MR) is 136 cm³/mol. The van der Waals surface area contributed by atoms with Gasteiger partial charge in [0.15, 0.2) is 0 Å². The lowest BCUT2D eigenvalue weighted by Gasteiger charge is -2.16. The molecule has 33 heavy (non-hydrogen) atoms. The second-order valence-electron chi connectivity index (χ2n) is 9.54. The molecule has 0 radical (unpaired) electrons. The minimum Gasteiger partial charge on any atom is -0.497 e. The van der Waals surface area contributed by atoms with Gasteiger partial charge in [-0.3, -0.25) is 0 Å². The zero-order valence-electron chi connectivity index (χ0n) is 20.0. The van der Waals surface area contributed by atoms with E-state index in [-0.39, 0.29) is 0 Å². The van der Waals surface area contributed by atoms with Crippen LogP contribution < -0.4 is 10.1 Å². The van der Waals surface area contributed by atoms with Crippen LogP contribution in [0.2, 0.25) is 0 Å². The minimum absolute atomic E-state index is 0.809. The SMILES string of the molecule is COc1cccc(Cc2cc3c(c(NCCCCN4CCCC4)n2)-c2ccc(C)cc2C3)c1. The summed E-state index contributed by atoms with van der Waals surface area (Å²) in [6.07, 6.45) is 6.95. The molecule has 4 nitrogen and oxygen atoms in total. The first kappa shape index (κ1) is 22.0. The minimum atomic E-state index is 0.809. The van der Waals surface area contributed by atoms with Gasteiger partial charge in [-0.05, 0) is 99.1 Å². The molecule has 1 saturated heterocycles. The Morgan fingerprint density at radius 3 is 2.73 bits per heavy atom. The maximum atomic E-state index is 5.42. The fraction of sp³-hybridized carbons (Fsp3) is 0.414. The lowest BCUT2D eigenvalue weighted by atomic mass is 10.0. The molecule has 1 aliphatic carbocycles. The van der Waals surface area contributed by atoms with Gasteiger partial charge in [0.2, 0.25) is 0 Å². The summed E-state index contributed by atoms with van der Waals surface area (Å²) in [6.45, 7) is 6.94. The molecule has 1 aromatic heterocycles. The summed E-state index contributed by atoms with van der Waals surface area (Å²) in [7, 11) is 1.72. The Morgan fingerprint density at radius 2 is 1.88 bits per heavy atom. The quantitative estimate of drug-likeness (QED) is 0.331. The Balaban J connectivity index is 1.35. The lowest BCUT2D eigenvalue weighted by Crippen LogP contribution is -2.21. The summed E-state index contributed by atoms with van der Waals surface area (Å²) in [5, 5.41) is 3.72. The van der Waals surface area contributed by atoms with Crippen LogP contribution in [-0.2, 0) is 12.8 Å². The van der Waals surface area contributed by atoms with Gasteiger partial charge in [0.05, 0.1) is 7.11 Å². The van der Waals surface area contributed by atoms with E-state index in [0.717, 1.165) is 36.6 Å². The van der Waals surface area contributed by atoms with E-state index in [1.54, 1.807) is 7.11 Å². The molecule has 2 aliphatic rings. The molecule has 2 heterocycles. The molecule has 0 amide bonds. The maximum absolute atomic E-state index is 5.42. The second kappa shape index (κ2) is 9.96. The van der Waals surface area contributed by atoms with Crippen LogP contribution in [0.25, 0.3) is 11.1 Å². The molecule has 0 spiro atoms. The highest BCUT2D eigenvalue weighted by molar-refractivity contribution is 5.85. The van der Waals surface area contributed by atoms with Gasteiger partial charge in [-0.1, -0.05) is 35.9 Å². The van der Waals surface area contributed by atoms with Crippen molar-refractivity contribution in [2.24, 2.45) is 0 Å². The number of likely N-dealkylation sites (tertiary alicyclic amines) is 1. The van der Waals surface area contributed by atoms with Gasteiger partial charge in [-0.2, -0.15) is 0 Å². The molecule has 0 unspecified atom stereocenters. The number of ether oxygens (including phenoxy) is 1. The zero-order chi connectivity index (χ0) is 22.6. The summed E-state index contributed by atoms with van der Waals surface area (Å²) in [6, 6.07) is 17.4. The molecule has 5 rings (SSSR count). The molecule has 0 saturated carbocycles. The number of hydrogen-bond acceptors (Lipinski definition) is 4. The van der Waals surface area contributed by atoms with E-state index in [2.05, 4.69) is 59.6 Å². The van der Waals surface area contributed by atoms with Gasteiger partial charge in [0.25, 0.3) is 0 Å². The van der Waals surface area contributed by atoms with E-state index in [9.17, 15) is 0 Å². The van der Waals surface area contributed by atoms with Crippen LogP contribution in [0.5, 0.6) is 5.75 Å². The number of pyridine rings is 1. The summed E-state index contributed by atoms with van der Waals surface area (Å²) < 4.78 is 5.42. The number of nitrogens with zero attached hydrogens (tertiary/aromatic N) is 2. The molecule has 1 N–H and O–H groups in total. The number of nitrogens with one attached hydrogen (secondary N) is 1. The van der Waals surface area contributed by atoms with Crippen LogP contribution in [0.1, 0.15) is 53.6 Å². The predicted octanol–water partition coefficient (Wildman–Crippen LogP) is 5.85. The molecule has 172 valence electrons. The van der Waals surface area contributed by atoms with Crippen molar-refractivity contribution in [3.05, 3.63) is 76.5 Å². The number of anilines is 1. The van der Waals surface area contributed by atoms with Crippen LogP contribution in [-0.4, -0.2) is 43.2 Å². The molecular formula is C29H35N3O.